The fraction of sp³-hybridized carbons (Fsp3) is 0.133. The summed E-state index contributed by atoms with van der Waals surface area (Å²) in [5.41, 5.74) is 2.95. The minimum Gasteiger partial charge on any atom is -0.478 e. The summed E-state index contributed by atoms with van der Waals surface area (Å²) in [6.45, 7) is 0.748. The molecule has 20 heavy (non-hydrogen) atoms. The van der Waals surface area contributed by atoms with Crippen molar-refractivity contribution in [3.8, 4) is 0 Å². The summed E-state index contributed by atoms with van der Waals surface area (Å²) >= 11 is 7.69. The molecule has 2 aromatic rings. The van der Waals surface area contributed by atoms with Gasteiger partial charge in [-0.1, -0.05) is 17.7 Å². The highest BCUT2D eigenvalue weighted by molar-refractivity contribution is 7.07. The molecule has 0 aliphatic rings. The predicted octanol–water partition coefficient (Wildman–Crippen LogP) is 4.14. The molecule has 0 bridgehead atoms. The van der Waals surface area contributed by atoms with E-state index in [2.05, 4.69) is 16.3 Å². The first-order chi connectivity index (χ1) is 9.56. The lowest BCUT2D eigenvalue weighted by molar-refractivity contribution is -0.131. The molecular formula is C15H14ClNO2S. The van der Waals surface area contributed by atoms with Crippen molar-refractivity contribution >= 4 is 40.7 Å². The van der Waals surface area contributed by atoms with E-state index in [1.54, 1.807) is 23.5 Å². The molecule has 0 atom stereocenters. The maximum absolute atomic E-state index is 10.7. The number of thiophene rings is 1. The van der Waals surface area contributed by atoms with Crippen LogP contribution < -0.4 is 4.90 Å². The highest BCUT2D eigenvalue weighted by Crippen LogP contribution is 2.26. The minimum atomic E-state index is -0.966. The van der Waals surface area contributed by atoms with Crippen molar-refractivity contribution in [2.75, 3.05) is 11.9 Å². The van der Waals surface area contributed by atoms with E-state index in [4.69, 9.17) is 16.7 Å². The number of hydrogen-bond donors (Lipinski definition) is 1. The third kappa shape index (κ3) is 3.85. The van der Waals surface area contributed by atoms with Crippen molar-refractivity contribution < 1.29 is 9.90 Å². The molecule has 0 unspecified atom stereocenters. The molecule has 1 heterocycles. The van der Waals surface area contributed by atoms with Gasteiger partial charge in [0.05, 0.1) is 0 Å². The molecule has 0 radical (unpaired) electrons. The van der Waals surface area contributed by atoms with Crippen LogP contribution in [0.15, 0.2) is 41.1 Å². The van der Waals surface area contributed by atoms with Crippen LogP contribution in [0.5, 0.6) is 0 Å². The molecule has 3 nitrogen and oxygen atoms in total. The van der Waals surface area contributed by atoms with Gasteiger partial charge in [-0.2, -0.15) is 11.3 Å². The monoisotopic (exact) mass is 307 g/mol. The van der Waals surface area contributed by atoms with Crippen LogP contribution in [0.25, 0.3) is 6.08 Å². The molecule has 0 fully saturated rings. The average Bonchev–Trinajstić information content (AvgIpc) is 2.89. The zero-order valence-electron chi connectivity index (χ0n) is 10.9. The second-order valence-corrected chi connectivity index (χ2v) is 5.58. The first kappa shape index (κ1) is 14.6. The maximum atomic E-state index is 10.7. The minimum absolute atomic E-state index is 0.629. The Bertz CT molecular complexity index is 623. The first-order valence-corrected chi connectivity index (χ1v) is 7.31. The van der Waals surface area contributed by atoms with Crippen LogP contribution in [0.2, 0.25) is 5.02 Å². The highest BCUT2D eigenvalue weighted by atomic mass is 35.5. The summed E-state index contributed by atoms with van der Waals surface area (Å²) in [5.74, 6) is -0.966. The van der Waals surface area contributed by atoms with E-state index in [0.29, 0.717) is 5.02 Å². The summed E-state index contributed by atoms with van der Waals surface area (Å²) in [4.78, 5) is 12.7. The summed E-state index contributed by atoms with van der Waals surface area (Å²) in [6.07, 6.45) is 2.71. The zero-order chi connectivity index (χ0) is 14.5. The van der Waals surface area contributed by atoms with Crippen LogP contribution in [0, 0.1) is 0 Å². The van der Waals surface area contributed by atoms with Gasteiger partial charge in [0.15, 0.2) is 0 Å². The molecular weight excluding hydrogens is 294 g/mol. The van der Waals surface area contributed by atoms with Gasteiger partial charge < -0.3 is 10.0 Å². The molecule has 0 saturated carbocycles. The van der Waals surface area contributed by atoms with Crippen LogP contribution >= 0.6 is 22.9 Å². The van der Waals surface area contributed by atoms with E-state index in [9.17, 15) is 4.79 Å². The molecule has 0 spiro atoms. The van der Waals surface area contributed by atoms with Crippen LogP contribution in [-0.2, 0) is 11.3 Å². The summed E-state index contributed by atoms with van der Waals surface area (Å²) in [7, 11) is 1.96. The van der Waals surface area contributed by atoms with Crippen molar-refractivity contribution in [2.45, 2.75) is 6.54 Å². The third-order valence-corrected chi connectivity index (χ3v) is 3.78. The SMILES string of the molecule is CN(Cc1ccsc1)c1cc(Cl)ccc1/C=C/C(=O)O. The fourth-order valence-corrected chi connectivity index (χ4v) is 2.72. The first-order valence-electron chi connectivity index (χ1n) is 5.99. The van der Waals surface area contributed by atoms with Crippen molar-refractivity contribution in [3.63, 3.8) is 0 Å². The van der Waals surface area contributed by atoms with E-state index in [1.807, 2.05) is 24.6 Å². The Hall–Kier alpha value is -1.78. The van der Waals surface area contributed by atoms with Crippen LogP contribution in [0.3, 0.4) is 0 Å². The Labute approximate surface area is 126 Å². The molecule has 0 amide bonds. The van der Waals surface area contributed by atoms with Gasteiger partial charge >= 0.3 is 5.97 Å². The van der Waals surface area contributed by atoms with Crippen LogP contribution in [-0.4, -0.2) is 18.1 Å². The number of carbonyl (C=O) groups is 1. The molecule has 104 valence electrons. The summed E-state index contributed by atoms with van der Waals surface area (Å²) < 4.78 is 0. The topological polar surface area (TPSA) is 40.5 Å². The summed E-state index contributed by atoms with van der Waals surface area (Å²) in [5, 5.41) is 13.5. The Morgan fingerprint density at radius 2 is 2.25 bits per heavy atom. The van der Waals surface area contributed by atoms with E-state index in [1.165, 1.54) is 5.56 Å². The molecule has 2 rings (SSSR count). The Balaban J connectivity index is 2.28. The number of carboxylic acids is 1. The van der Waals surface area contributed by atoms with Gasteiger partial charge in [-0.3, -0.25) is 0 Å². The Morgan fingerprint density at radius 1 is 1.45 bits per heavy atom. The standard InChI is InChI=1S/C15H14ClNO2S/c1-17(9-11-6-7-20-10-11)14-8-13(16)4-2-12(14)3-5-15(18)19/h2-8,10H,9H2,1H3,(H,18,19)/b5-3+. The Kier molecular flexibility index (Phi) is 4.82. The molecule has 0 aliphatic carbocycles. The number of benzene rings is 1. The van der Waals surface area contributed by atoms with E-state index in [-0.39, 0.29) is 0 Å². The molecule has 0 aliphatic heterocycles. The third-order valence-electron chi connectivity index (χ3n) is 2.81. The molecule has 0 saturated heterocycles. The smallest absolute Gasteiger partial charge is 0.328 e. The normalized spacial score (nSPS) is 10.9. The Morgan fingerprint density at radius 3 is 2.90 bits per heavy atom. The van der Waals surface area contributed by atoms with Gasteiger partial charge in [0.2, 0.25) is 0 Å². The number of aliphatic carboxylic acids is 1. The second kappa shape index (κ2) is 6.59. The second-order valence-electron chi connectivity index (χ2n) is 4.36. The van der Waals surface area contributed by atoms with Crippen molar-refractivity contribution in [1.82, 2.24) is 0 Å². The number of hydrogen-bond acceptors (Lipinski definition) is 3. The lowest BCUT2D eigenvalue weighted by Crippen LogP contribution is -2.17. The molecule has 5 heteroatoms. The van der Waals surface area contributed by atoms with Gasteiger partial charge in [0, 0.05) is 30.4 Å². The van der Waals surface area contributed by atoms with Crippen LogP contribution in [0.1, 0.15) is 11.1 Å². The average molecular weight is 308 g/mol. The maximum Gasteiger partial charge on any atom is 0.328 e. The van der Waals surface area contributed by atoms with Crippen LogP contribution in [0.4, 0.5) is 5.69 Å². The predicted molar refractivity (Wildman–Crippen MR) is 84.5 cm³/mol. The van der Waals surface area contributed by atoms with E-state index >= 15 is 0 Å². The molecule has 1 aromatic carbocycles. The van der Waals surface area contributed by atoms with Gasteiger partial charge in [-0.25, -0.2) is 4.79 Å². The van der Waals surface area contributed by atoms with E-state index < -0.39 is 5.97 Å². The largest absolute Gasteiger partial charge is 0.478 e. The quantitative estimate of drug-likeness (QED) is 0.844. The van der Waals surface area contributed by atoms with Crippen molar-refractivity contribution in [3.05, 3.63) is 57.3 Å². The van der Waals surface area contributed by atoms with Crippen molar-refractivity contribution in [1.29, 1.82) is 0 Å². The fourth-order valence-electron chi connectivity index (χ4n) is 1.89. The van der Waals surface area contributed by atoms with Crippen molar-refractivity contribution in [2.24, 2.45) is 0 Å². The zero-order valence-corrected chi connectivity index (χ0v) is 12.5. The molecule has 1 N–H and O–H groups in total. The number of carboxylic acid groups (broad SMARTS) is 1. The number of anilines is 1. The molecule has 1 aromatic heterocycles. The number of halogens is 1. The lowest BCUT2D eigenvalue weighted by atomic mass is 10.1. The lowest BCUT2D eigenvalue weighted by Gasteiger charge is -2.21. The highest BCUT2D eigenvalue weighted by Gasteiger charge is 2.08. The van der Waals surface area contributed by atoms with Gasteiger partial charge in [0.1, 0.15) is 0 Å². The van der Waals surface area contributed by atoms with Gasteiger partial charge in [0.25, 0.3) is 0 Å². The van der Waals surface area contributed by atoms with Gasteiger partial charge in [-0.15, -0.1) is 0 Å². The number of rotatable bonds is 5. The summed E-state index contributed by atoms with van der Waals surface area (Å²) in [6, 6.07) is 7.49. The van der Waals surface area contributed by atoms with Gasteiger partial charge in [-0.05, 0) is 46.2 Å². The number of nitrogens with zero attached hydrogens (tertiary/aromatic N) is 1. The van der Waals surface area contributed by atoms with E-state index in [0.717, 1.165) is 23.9 Å².